The first-order valence-electron chi connectivity index (χ1n) is 5.51. The van der Waals surface area contributed by atoms with Gasteiger partial charge in [-0.25, -0.2) is 0 Å². The van der Waals surface area contributed by atoms with Gasteiger partial charge in [-0.3, -0.25) is 4.79 Å². The zero-order valence-corrected chi connectivity index (χ0v) is 10.5. The fourth-order valence-electron chi connectivity index (χ4n) is 1.56. The Labute approximate surface area is 101 Å². The Morgan fingerprint density at radius 2 is 2.18 bits per heavy atom. The molecule has 0 saturated carbocycles. The summed E-state index contributed by atoms with van der Waals surface area (Å²) in [5.74, 6) is -0.242. The van der Waals surface area contributed by atoms with Crippen molar-refractivity contribution in [3.8, 4) is 6.07 Å². The summed E-state index contributed by atoms with van der Waals surface area (Å²) in [5.41, 5.74) is 0. The number of carbonyl (C=O) groups is 1. The largest absolute Gasteiger partial charge is 0.345 e. The summed E-state index contributed by atoms with van der Waals surface area (Å²) in [6, 6.07) is 1.75. The van der Waals surface area contributed by atoms with E-state index in [0.717, 1.165) is 0 Å². The number of hydrogen-bond donors (Lipinski definition) is 1. The lowest BCUT2D eigenvalue weighted by Gasteiger charge is -2.17. The number of carbonyl (C=O) groups excluding carboxylic acids is 1. The molecule has 0 bridgehead atoms. The first-order chi connectivity index (χ1) is 7.97. The van der Waals surface area contributed by atoms with Crippen molar-refractivity contribution in [1.82, 2.24) is 20.1 Å². The van der Waals surface area contributed by atoms with Crippen LogP contribution in [0.3, 0.4) is 0 Å². The second kappa shape index (κ2) is 5.43. The topological polar surface area (TPSA) is 83.6 Å². The van der Waals surface area contributed by atoms with Crippen molar-refractivity contribution in [1.29, 1.82) is 5.26 Å². The Morgan fingerprint density at radius 1 is 1.53 bits per heavy atom. The van der Waals surface area contributed by atoms with Crippen LogP contribution in [0.25, 0.3) is 0 Å². The highest BCUT2D eigenvalue weighted by molar-refractivity contribution is 5.81. The smallest absolute Gasteiger partial charge is 0.238 e. The Bertz CT molecular complexity index is 431. The summed E-state index contributed by atoms with van der Waals surface area (Å²) in [6.45, 7) is 5.51. The minimum absolute atomic E-state index is 0.00769. The van der Waals surface area contributed by atoms with Gasteiger partial charge in [-0.05, 0) is 12.8 Å². The van der Waals surface area contributed by atoms with Crippen LogP contribution in [-0.2, 0) is 11.8 Å². The van der Waals surface area contributed by atoms with Crippen molar-refractivity contribution in [3.05, 3.63) is 12.2 Å². The summed E-state index contributed by atoms with van der Waals surface area (Å²) >= 11 is 0. The zero-order chi connectivity index (χ0) is 13.0. The number of aromatic nitrogens is 3. The summed E-state index contributed by atoms with van der Waals surface area (Å²) in [4.78, 5) is 11.8. The summed E-state index contributed by atoms with van der Waals surface area (Å²) in [6.07, 6.45) is 1.57. The van der Waals surface area contributed by atoms with Gasteiger partial charge < -0.3 is 9.88 Å². The van der Waals surface area contributed by atoms with Gasteiger partial charge in [0.15, 0.2) is 5.82 Å². The molecule has 17 heavy (non-hydrogen) atoms. The number of rotatable bonds is 4. The SMILES string of the molecule is CC(NC(=O)C(C#N)C(C)C)c1nncn1C. The second-order valence-electron chi connectivity index (χ2n) is 4.38. The molecule has 0 aliphatic carbocycles. The third kappa shape index (κ3) is 3.03. The first-order valence-corrected chi connectivity index (χ1v) is 5.51. The van der Waals surface area contributed by atoms with E-state index in [2.05, 4.69) is 15.5 Å². The van der Waals surface area contributed by atoms with Gasteiger partial charge in [-0.15, -0.1) is 10.2 Å². The summed E-state index contributed by atoms with van der Waals surface area (Å²) in [7, 11) is 1.81. The maximum absolute atomic E-state index is 11.8. The average Bonchev–Trinajstić information content (AvgIpc) is 2.64. The molecule has 1 N–H and O–H groups in total. The normalized spacial score (nSPS) is 14.1. The lowest BCUT2D eigenvalue weighted by molar-refractivity contribution is -0.125. The molecule has 1 aromatic heterocycles. The number of nitrogens with zero attached hydrogens (tertiary/aromatic N) is 4. The summed E-state index contributed by atoms with van der Waals surface area (Å²) in [5, 5.41) is 19.4. The number of nitrogens with one attached hydrogen (secondary N) is 1. The molecule has 1 aromatic rings. The minimum Gasteiger partial charge on any atom is -0.345 e. The number of nitriles is 1. The molecule has 2 unspecified atom stereocenters. The maximum Gasteiger partial charge on any atom is 0.238 e. The van der Waals surface area contributed by atoms with Crippen LogP contribution in [0.4, 0.5) is 0 Å². The highest BCUT2D eigenvalue weighted by Gasteiger charge is 2.24. The van der Waals surface area contributed by atoms with E-state index in [1.807, 2.05) is 33.9 Å². The van der Waals surface area contributed by atoms with Crippen molar-refractivity contribution < 1.29 is 4.79 Å². The lowest BCUT2D eigenvalue weighted by atomic mass is 9.96. The van der Waals surface area contributed by atoms with E-state index in [0.29, 0.717) is 5.82 Å². The molecule has 6 heteroatoms. The van der Waals surface area contributed by atoms with Gasteiger partial charge in [-0.2, -0.15) is 5.26 Å². The molecule has 0 fully saturated rings. The molecular formula is C11H17N5O. The van der Waals surface area contributed by atoms with Crippen molar-refractivity contribution in [2.24, 2.45) is 18.9 Å². The quantitative estimate of drug-likeness (QED) is 0.836. The average molecular weight is 235 g/mol. The van der Waals surface area contributed by atoms with Gasteiger partial charge >= 0.3 is 0 Å². The van der Waals surface area contributed by atoms with Gasteiger partial charge in [-0.1, -0.05) is 13.8 Å². The number of amides is 1. The molecule has 0 aliphatic heterocycles. The fraction of sp³-hybridized carbons (Fsp3) is 0.636. The van der Waals surface area contributed by atoms with Crippen LogP contribution in [-0.4, -0.2) is 20.7 Å². The minimum atomic E-state index is -0.634. The molecular weight excluding hydrogens is 218 g/mol. The molecule has 92 valence electrons. The third-order valence-electron chi connectivity index (χ3n) is 2.58. The van der Waals surface area contributed by atoms with Crippen LogP contribution in [0.15, 0.2) is 6.33 Å². The molecule has 0 aliphatic rings. The Morgan fingerprint density at radius 3 is 2.59 bits per heavy atom. The predicted molar refractivity (Wildman–Crippen MR) is 61.5 cm³/mol. The van der Waals surface area contributed by atoms with Crippen LogP contribution in [0, 0.1) is 23.2 Å². The molecule has 0 radical (unpaired) electrons. The van der Waals surface area contributed by atoms with Gasteiger partial charge in [0, 0.05) is 7.05 Å². The van der Waals surface area contributed by atoms with E-state index in [-0.39, 0.29) is 17.9 Å². The van der Waals surface area contributed by atoms with Gasteiger partial charge in [0.1, 0.15) is 12.2 Å². The second-order valence-corrected chi connectivity index (χ2v) is 4.38. The highest BCUT2D eigenvalue weighted by Crippen LogP contribution is 2.13. The third-order valence-corrected chi connectivity index (χ3v) is 2.58. The van der Waals surface area contributed by atoms with E-state index in [1.54, 1.807) is 10.9 Å². The van der Waals surface area contributed by atoms with Gasteiger partial charge in [0.05, 0.1) is 12.1 Å². The summed E-state index contributed by atoms with van der Waals surface area (Å²) < 4.78 is 1.74. The van der Waals surface area contributed by atoms with Gasteiger partial charge in [0.2, 0.25) is 5.91 Å². The maximum atomic E-state index is 11.8. The van der Waals surface area contributed by atoms with Crippen LogP contribution >= 0.6 is 0 Å². The Hall–Kier alpha value is -1.90. The number of hydrogen-bond acceptors (Lipinski definition) is 4. The van der Waals surface area contributed by atoms with Crippen molar-refractivity contribution in [2.75, 3.05) is 0 Å². The molecule has 0 spiro atoms. The van der Waals surface area contributed by atoms with Crippen molar-refractivity contribution in [3.63, 3.8) is 0 Å². The van der Waals surface area contributed by atoms with Crippen LogP contribution in [0.5, 0.6) is 0 Å². The van der Waals surface area contributed by atoms with E-state index in [1.165, 1.54) is 0 Å². The van der Waals surface area contributed by atoms with Crippen LogP contribution < -0.4 is 5.32 Å². The molecule has 0 saturated heterocycles. The number of aryl methyl sites for hydroxylation is 1. The van der Waals surface area contributed by atoms with Crippen molar-refractivity contribution >= 4 is 5.91 Å². The van der Waals surface area contributed by atoms with E-state index < -0.39 is 5.92 Å². The molecule has 1 heterocycles. The molecule has 6 nitrogen and oxygen atoms in total. The van der Waals surface area contributed by atoms with E-state index in [9.17, 15) is 4.79 Å². The Kier molecular flexibility index (Phi) is 4.21. The van der Waals surface area contributed by atoms with Gasteiger partial charge in [0.25, 0.3) is 0 Å². The fourth-order valence-corrected chi connectivity index (χ4v) is 1.56. The zero-order valence-electron chi connectivity index (χ0n) is 10.5. The van der Waals surface area contributed by atoms with Crippen LogP contribution in [0.2, 0.25) is 0 Å². The Balaban J connectivity index is 2.70. The van der Waals surface area contributed by atoms with E-state index >= 15 is 0 Å². The molecule has 2 atom stereocenters. The first kappa shape index (κ1) is 13.2. The van der Waals surface area contributed by atoms with Crippen LogP contribution in [0.1, 0.15) is 32.6 Å². The van der Waals surface area contributed by atoms with E-state index in [4.69, 9.17) is 5.26 Å². The monoisotopic (exact) mass is 235 g/mol. The molecule has 1 amide bonds. The predicted octanol–water partition coefficient (Wildman–Crippen LogP) is 0.788. The standard InChI is InChI=1S/C11H17N5O/c1-7(2)9(5-12)11(17)14-8(3)10-15-13-6-16(10)4/h6-9H,1-4H3,(H,14,17). The highest BCUT2D eigenvalue weighted by atomic mass is 16.1. The molecule has 0 aromatic carbocycles. The van der Waals surface area contributed by atoms with Crippen molar-refractivity contribution in [2.45, 2.75) is 26.8 Å². The molecule has 1 rings (SSSR count). The lowest BCUT2D eigenvalue weighted by Crippen LogP contribution is -2.35.